The number of hydrogen-bond donors (Lipinski definition) is 0. The van der Waals surface area contributed by atoms with Crippen LogP contribution in [-0.4, -0.2) is 47.7 Å². The van der Waals surface area contributed by atoms with Crippen molar-refractivity contribution in [1.82, 2.24) is 4.90 Å². The van der Waals surface area contributed by atoms with Crippen LogP contribution in [0, 0.1) is 10.1 Å². The molecule has 0 heterocycles. The third-order valence-electron chi connectivity index (χ3n) is 3.14. The van der Waals surface area contributed by atoms with Gasteiger partial charge in [-0.05, 0) is 32.2 Å². The molecule has 0 fully saturated rings. The maximum atomic E-state index is 12.2. The minimum atomic E-state index is -0.891. The number of nitrogens with zero attached hydrogens (tertiary/aromatic N) is 2. The predicted octanol–water partition coefficient (Wildman–Crippen LogP) is 2.90. The van der Waals surface area contributed by atoms with Crippen molar-refractivity contribution in [3.05, 3.63) is 46.0 Å². The van der Waals surface area contributed by atoms with E-state index in [1.165, 1.54) is 28.8 Å². The Kier molecular flexibility index (Phi) is 7.44. The second-order valence-corrected chi connectivity index (χ2v) is 5.96. The quantitative estimate of drug-likeness (QED) is 0.235. The number of thioether (sulfide) groups is 1. The molecule has 130 valence electrons. The van der Waals surface area contributed by atoms with Crippen LogP contribution in [0.5, 0.6) is 0 Å². The van der Waals surface area contributed by atoms with E-state index in [1.807, 2.05) is 0 Å². The van der Waals surface area contributed by atoms with Crippen LogP contribution < -0.4 is 0 Å². The first kappa shape index (κ1) is 19.7. The maximum absolute atomic E-state index is 12.2. The molecule has 0 saturated heterocycles. The first-order valence-corrected chi connectivity index (χ1v) is 8.44. The third-order valence-corrected chi connectivity index (χ3v) is 3.87. The standard InChI is InChI=1S/C16H20N2O5S/c1-5-17(9-11(2)3)15(19)10-23-16(20)13-8-12(24-4)6-7-14(13)18(21)22/h6-8H,2,5,9-10H2,1,3-4H3. The van der Waals surface area contributed by atoms with Crippen molar-refractivity contribution in [2.24, 2.45) is 0 Å². The molecule has 1 aromatic carbocycles. The van der Waals surface area contributed by atoms with E-state index in [1.54, 1.807) is 26.2 Å². The lowest BCUT2D eigenvalue weighted by Gasteiger charge is -2.20. The smallest absolute Gasteiger partial charge is 0.345 e. The summed E-state index contributed by atoms with van der Waals surface area (Å²) in [6, 6.07) is 4.20. The summed E-state index contributed by atoms with van der Waals surface area (Å²) in [5.41, 5.74) is 0.293. The summed E-state index contributed by atoms with van der Waals surface area (Å²) in [5.74, 6) is -1.27. The molecule has 8 heteroatoms. The second-order valence-electron chi connectivity index (χ2n) is 5.08. The van der Waals surface area contributed by atoms with Crippen LogP contribution >= 0.6 is 11.8 Å². The zero-order valence-electron chi connectivity index (χ0n) is 13.9. The molecule has 0 aliphatic carbocycles. The Morgan fingerprint density at radius 3 is 2.58 bits per heavy atom. The summed E-state index contributed by atoms with van der Waals surface area (Å²) in [7, 11) is 0. The fraction of sp³-hybridized carbons (Fsp3) is 0.375. The zero-order valence-corrected chi connectivity index (χ0v) is 14.7. The van der Waals surface area contributed by atoms with Crippen molar-refractivity contribution >= 4 is 29.3 Å². The molecular formula is C16H20N2O5S. The molecule has 0 bridgehead atoms. The van der Waals surface area contributed by atoms with E-state index in [4.69, 9.17) is 4.74 Å². The number of carbonyl (C=O) groups is 2. The number of rotatable bonds is 8. The summed E-state index contributed by atoms with van der Waals surface area (Å²) >= 11 is 1.35. The average molecular weight is 352 g/mol. The molecule has 24 heavy (non-hydrogen) atoms. The number of ether oxygens (including phenoxy) is 1. The molecule has 0 atom stereocenters. The van der Waals surface area contributed by atoms with Gasteiger partial charge in [-0.25, -0.2) is 4.79 Å². The van der Waals surface area contributed by atoms with Crippen LogP contribution in [0.15, 0.2) is 35.2 Å². The van der Waals surface area contributed by atoms with Crippen molar-refractivity contribution in [1.29, 1.82) is 0 Å². The van der Waals surface area contributed by atoms with Crippen LogP contribution in [0.2, 0.25) is 0 Å². The molecule has 0 saturated carbocycles. The highest BCUT2D eigenvalue weighted by Crippen LogP contribution is 2.25. The van der Waals surface area contributed by atoms with E-state index in [2.05, 4.69) is 6.58 Å². The Bertz CT molecular complexity index is 660. The highest BCUT2D eigenvalue weighted by Gasteiger charge is 2.23. The van der Waals surface area contributed by atoms with Gasteiger partial charge in [-0.1, -0.05) is 12.2 Å². The van der Waals surface area contributed by atoms with Crippen molar-refractivity contribution in [2.45, 2.75) is 18.7 Å². The van der Waals surface area contributed by atoms with Gasteiger partial charge in [0.15, 0.2) is 6.61 Å². The molecular weight excluding hydrogens is 332 g/mol. The van der Waals surface area contributed by atoms with E-state index >= 15 is 0 Å². The molecule has 1 amide bonds. The number of nitro benzene ring substituents is 1. The van der Waals surface area contributed by atoms with E-state index < -0.39 is 17.5 Å². The van der Waals surface area contributed by atoms with Gasteiger partial charge in [-0.15, -0.1) is 11.8 Å². The molecule has 0 aliphatic rings. The van der Waals surface area contributed by atoms with E-state index in [0.717, 1.165) is 5.57 Å². The minimum absolute atomic E-state index is 0.164. The molecule has 0 unspecified atom stereocenters. The normalized spacial score (nSPS) is 10.1. The average Bonchev–Trinajstić information content (AvgIpc) is 2.56. The summed E-state index contributed by atoms with van der Waals surface area (Å²) in [5, 5.41) is 11.0. The van der Waals surface area contributed by atoms with E-state index in [9.17, 15) is 19.7 Å². The van der Waals surface area contributed by atoms with Crippen molar-refractivity contribution in [3.8, 4) is 0 Å². The maximum Gasteiger partial charge on any atom is 0.345 e. The van der Waals surface area contributed by atoms with Gasteiger partial charge in [-0.3, -0.25) is 14.9 Å². The number of esters is 1. The first-order valence-electron chi connectivity index (χ1n) is 7.21. The molecule has 1 rings (SSSR count). The van der Waals surface area contributed by atoms with Crippen molar-refractivity contribution < 1.29 is 19.2 Å². The van der Waals surface area contributed by atoms with Gasteiger partial charge in [0.2, 0.25) is 0 Å². The Balaban J connectivity index is 2.86. The number of amides is 1. The molecule has 0 N–H and O–H groups in total. The monoisotopic (exact) mass is 352 g/mol. The summed E-state index contributed by atoms with van der Waals surface area (Å²) < 4.78 is 4.97. The first-order chi connectivity index (χ1) is 11.3. The topological polar surface area (TPSA) is 89.8 Å². The SMILES string of the molecule is C=C(C)CN(CC)C(=O)COC(=O)c1cc(SC)ccc1[N+](=O)[O-]. The lowest BCUT2D eigenvalue weighted by atomic mass is 10.2. The molecule has 0 aliphatic heterocycles. The fourth-order valence-electron chi connectivity index (χ4n) is 1.96. The number of likely N-dealkylation sites (N-methyl/N-ethyl adjacent to an activating group) is 1. The molecule has 0 spiro atoms. The predicted molar refractivity (Wildman–Crippen MR) is 92.2 cm³/mol. The molecule has 0 aromatic heterocycles. The number of carbonyl (C=O) groups excluding carboxylic acids is 2. The highest BCUT2D eigenvalue weighted by atomic mass is 32.2. The lowest BCUT2D eigenvalue weighted by molar-refractivity contribution is -0.385. The van der Waals surface area contributed by atoms with Gasteiger partial charge in [0.25, 0.3) is 11.6 Å². The molecule has 1 aromatic rings. The molecule has 7 nitrogen and oxygen atoms in total. The van der Waals surface area contributed by atoms with Crippen molar-refractivity contribution in [2.75, 3.05) is 26.0 Å². The highest BCUT2D eigenvalue weighted by molar-refractivity contribution is 7.98. The van der Waals surface area contributed by atoms with Crippen LogP contribution in [0.25, 0.3) is 0 Å². The Hall–Kier alpha value is -2.35. The molecule has 0 radical (unpaired) electrons. The third kappa shape index (κ3) is 5.38. The van der Waals surface area contributed by atoms with Gasteiger partial charge in [0.1, 0.15) is 5.56 Å². The second kappa shape index (κ2) is 9.07. The summed E-state index contributed by atoms with van der Waals surface area (Å²) in [4.78, 5) is 36.8. The Labute approximate surface area is 144 Å². The van der Waals surface area contributed by atoms with Crippen LogP contribution in [0.3, 0.4) is 0 Å². The Morgan fingerprint density at radius 2 is 2.08 bits per heavy atom. The largest absolute Gasteiger partial charge is 0.452 e. The summed E-state index contributed by atoms with van der Waals surface area (Å²) in [6.07, 6.45) is 1.79. The van der Waals surface area contributed by atoms with Crippen molar-refractivity contribution in [3.63, 3.8) is 0 Å². The van der Waals surface area contributed by atoms with E-state index in [-0.39, 0.29) is 17.2 Å². The van der Waals surface area contributed by atoms with Crippen LogP contribution in [-0.2, 0) is 9.53 Å². The number of benzene rings is 1. The van der Waals surface area contributed by atoms with Gasteiger partial charge in [0.05, 0.1) is 4.92 Å². The van der Waals surface area contributed by atoms with Gasteiger partial charge < -0.3 is 9.64 Å². The van der Waals surface area contributed by atoms with Crippen LogP contribution in [0.1, 0.15) is 24.2 Å². The van der Waals surface area contributed by atoms with Gasteiger partial charge in [0, 0.05) is 24.1 Å². The number of hydrogen-bond acceptors (Lipinski definition) is 6. The zero-order chi connectivity index (χ0) is 18.3. The summed E-state index contributed by atoms with van der Waals surface area (Å²) in [6.45, 7) is 7.68. The Morgan fingerprint density at radius 1 is 1.42 bits per heavy atom. The van der Waals surface area contributed by atoms with Gasteiger partial charge >= 0.3 is 5.97 Å². The fourth-order valence-corrected chi connectivity index (χ4v) is 2.40. The minimum Gasteiger partial charge on any atom is -0.452 e. The van der Waals surface area contributed by atoms with E-state index in [0.29, 0.717) is 18.0 Å². The lowest BCUT2D eigenvalue weighted by Crippen LogP contribution is -2.35. The van der Waals surface area contributed by atoms with Crippen LogP contribution in [0.4, 0.5) is 5.69 Å². The van der Waals surface area contributed by atoms with Gasteiger partial charge in [-0.2, -0.15) is 0 Å². The number of nitro groups is 1.